The van der Waals surface area contributed by atoms with E-state index < -0.39 is 82.1 Å². The zero-order chi connectivity index (χ0) is 54.0. The number of primary amides is 1. The van der Waals surface area contributed by atoms with E-state index in [1.54, 1.807) is 33.9 Å². The van der Waals surface area contributed by atoms with Crippen LogP contribution in [0.3, 0.4) is 0 Å². The Morgan fingerprint density at radius 1 is 0.849 bits per heavy atom. The number of unbranched alkanes of at least 4 members (excludes halogenated alkanes) is 2. The van der Waals surface area contributed by atoms with E-state index in [4.69, 9.17) is 16.2 Å². The number of aliphatic hydroxyl groups is 1. The molecular weight excluding hydrogens is 959 g/mol. The molecule has 73 heavy (non-hydrogen) atoms. The van der Waals surface area contributed by atoms with Gasteiger partial charge < -0.3 is 42.2 Å². The summed E-state index contributed by atoms with van der Waals surface area (Å²) in [5.74, 6) is -7.77. The number of thioether (sulfide) groups is 1. The second-order valence-corrected chi connectivity index (χ2v) is 20.7. The van der Waals surface area contributed by atoms with Crippen molar-refractivity contribution in [3.63, 3.8) is 0 Å². The molecule has 7 atom stereocenters. The molecule has 406 valence electrons. The van der Waals surface area contributed by atoms with Crippen LogP contribution >= 0.6 is 11.8 Å². The van der Waals surface area contributed by atoms with Crippen LogP contribution in [0.2, 0.25) is 0 Å². The predicted molar refractivity (Wildman–Crippen MR) is 278 cm³/mol. The van der Waals surface area contributed by atoms with Gasteiger partial charge in [-0.05, 0) is 62.6 Å². The normalized spacial score (nSPS) is 16.2. The molecule has 0 spiro atoms. The maximum Gasteiger partial charge on any atom is 0.242 e. The Hall–Kier alpha value is -5.31. The number of amides is 6. The van der Waals surface area contributed by atoms with Crippen LogP contribution in [0.5, 0.6) is 0 Å². The minimum atomic E-state index is -1.30. The van der Waals surface area contributed by atoms with E-state index in [0.717, 1.165) is 33.1 Å². The number of aromatic nitrogens is 1. The summed E-state index contributed by atoms with van der Waals surface area (Å²) >= 11 is 0.990. The Morgan fingerprint density at radius 2 is 1.52 bits per heavy atom. The first kappa shape index (κ1) is 62.0. The number of aliphatic hydroxyl groups excluding tert-OH is 1. The molecule has 1 fully saturated rings. The van der Waals surface area contributed by atoms with Gasteiger partial charge in [-0.1, -0.05) is 58.7 Å². The van der Waals surface area contributed by atoms with Crippen molar-refractivity contribution in [1.29, 1.82) is 0 Å². The molecule has 1 saturated heterocycles. The molecule has 6 amide bonds. The lowest BCUT2D eigenvalue weighted by Gasteiger charge is -2.27. The molecule has 0 saturated carbocycles. The third-order valence-corrected chi connectivity index (χ3v) is 14.8. The van der Waals surface area contributed by atoms with Crippen LogP contribution in [0.4, 0.5) is 0 Å². The number of nitrogens with zero attached hydrogens (tertiary/aromatic N) is 1. The topological polar surface area (TPSA) is 307 Å². The highest BCUT2D eigenvalue weighted by molar-refractivity contribution is 8.00. The number of likely N-dealkylation sites (tertiary alicyclic amines) is 1. The second kappa shape index (κ2) is 32.8. The van der Waals surface area contributed by atoms with Crippen molar-refractivity contribution >= 4 is 81.2 Å². The molecule has 2 unspecified atom stereocenters. The summed E-state index contributed by atoms with van der Waals surface area (Å²) in [5.41, 5.74) is 13.3. The lowest BCUT2D eigenvalue weighted by atomic mass is 9.87. The number of imide groups is 1. The van der Waals surface area contributed by atoms with Crippen molar-refractivity contribution in [3.8, 4) is 0 Å². The average Bonchev–Trinajstić information content (AvgIpc) is 3.90. The smallest absolute Gasteiger partial charge is 0.242 e. The summed E-state index contributed by atoms with van der Waals surface area (Å²) in [6, 6.07) is 5.13. The van der Waals surface area contributed by atoms with Crippen molar-refractivity contribution < 1.29 is 57.8 Å². The van der Waals surface area contributed by atoms with Gasteiger partial charge in [0.15, 0.2) is 11.6 Å². The molecule has 3 rings (SSSR count). The lowest BCUT2D eigenvalue weighted by Crippen LogP contribution is -2.50. The molecule has 9 N–H and O–H groups in total. The summed E-state index contributed by atoms with van der Waals surface area (Å²) in [6.07, 6.45) is 4.65. The SMILES string of the molecule is CCC(=O)C[C@@H](CCCCNC(=O)CC)C(=O)N[C@H](C(=O)C[C@@H](CCCCN)C(=O)N[C@@H](CSC1CC(=O)N(CCC(=O)CCC(CO)COC)C1=O)C(=O)C[C@@H](Cc1c[nH]c2ccccc12)C(N)=O)C(C)C. The van der Waals surface area contributed by atoms with Gasteiger partial charge in [0.05, 0.1) is 23.9 Å². The van der Waals surface area contributed by atoms with Gasteiger partial charge in [0.2, 0.25) is 35.4 Å². The molecule has 2 heterocycles. The molecule has 20 heteroatoms. The van der Waals surface area contributed by atoms with E-state index in [1.807, 2.05) is 24.3 Å². The molecule has 1 aromatic heterocycles. The monoisotopic (exact) mass is 1040 g/mol. The summed E-state index contributed by atoms with van der Waals surface area (Å²) in [6.45, 7) is 7.72. The Morgan fingerprint density at radius 3 is 2.16 bits per heavy atom. The van der Waals surface area contributed by atoms with Crippen molar-refractivity contribution in [1.82, 2.24) is 25.8 Å². The maximum absolute atomic E-state index is 14.5. The fourth-order valence-electron chi connectivity index (χ4n) is 8.88. The van der Waals surface area contributed by atoms with Crippen molar-refractivity contribution in [2.75, 3.05) is 45.7 Å². The molecule has 1 aromatic carbocycles. The molecular formula is C53H81N7O12S. The Balaban J connectivity index is 1.85. The fraction of sp³-hybridized carbons (Fsp3) is 0.660. The number of para-hydroxylation sites is 1. The predicted octanol–water partition coefficient (Wildman–Crippen LogP) is 3.64. The largest absolute Gasteiger partial charge is 0.396 e. The van der Waals surface area contributed by atoms with Gasteiger partial charge in [-0.25, -0.2) is 0 Å². The van der Waals surface area contributed by atoms with Crippen molar-refractivity contribution in [3.05, 3.63) is 36.0 Å². The Bertz CT molecular complexity index is 2180. The highest BCUT2D eigenvalue weighted by Crippen LogP contribution is 2.29. The number of nitrogens with one attached hydrogen (secondary N) is 4. The van der Waals surface area contributed by atoms with Gasteiger partial charge in [-0.2, -0.15) is 0 Å². The highest BCUT2D eigenvalue weighted by atomic mass is 32.2. The number of aromatic amines is 1. The maximum atomic E-state index is 14.5. The van der Waals surface area contributed by atoms with Gasteiger partial charge in [0.1, 0.15) is 11.6 Å². The summed E-state index contributed by atoms with van der Waals surface area (Å²) in [4.78, 5) is 138. The molecule has 19 nitrogen and oxygen atoms in total. The number of ketones is 4. The number of carbonyl (C=O) groups is 10. The van der Waals surface area contributed by atoms with E-state index in [2.05, 4.69) is 20.9 Å². The van der Waals surface area contributed by atoms with Crippen LogP contribution < -0.4 is 27.4 Å². The molecule has 0 radical (unpaired) electrons. The number of hydrogen-bond acceptors (Lipinski definition) is 14. The molecule has 1 aliphatic rings. The summed E-state index contributed by atoms with van der Waals surface area (Å²) < 4.78 is 5.08. The standard InChI is InChI=1S/C53H81N7O12S/c1-6-39(62)25-35(15-11-13-22-56-47(66)7-2)52(70)59-49(33(3)4)45(65)26-36(14-10-12-21-54)51(69)58-43(44(64)27-37(50(55)68)24-38-29-57-42-17-9-8-16-41(38)42)32-73-46-28-48(67)60(53(46)71)23-20-40(63)19-18-34(30-61)31-72-5/h8-9,16-17,29,33-37,43,46,49,57,61H,6-7,10-15,18-28,30-32,54H2,1-5H3,(H2,55,68)(H,56,66)(H,58,69)(H,59,70)/t34?,35-,36-,37-,43+,46?,49+/m1/s1. The quantitative estimate of drug-likeness (QED) is 0.0372. The van der Waals surface area contributed by atoms with E-state index in [1.165, 1.54) is 7.11 Å². The molecule has 2 aromatic rings. The van der Waals surface area contributed by atoms with Gasteiger partial charge in [0, 0.05) is 125 Å². The summed E-state index contributed by atoms with van der Waals surface area (Å²) in [7, 11) is 1.50. The fourth-order valence-corrected chi connectivity index (χ4v) is 10.1. The summed E-state index contributed by atoms with van der Waals surface area (Å²) in [5, 5.41) is 18.0. The van der Waals surface area contributed by atoms with Crippen LogP contribution in [-0.4, -0.2) is 137 Å². The van der Waals surface area contributed by atoms with Gasteiger partial charge in [-0.3, -0.25) is 52.8 Å². The molecule has 0 bridgehead atoms. The Labute approximate surface area is 433 Å². The van der Waals surface area contributed by atoms with Gasteiger partial charge in [-0.15, -0.1) is 11.8 Å². The van der Waals surface area contributed by atoms with E-state index >= 15 is 0 Å². The van der Waals surface area contributed by atoms with E-state index in [-0.39, 0.29) is 107 Å². The first-order valence-corrected chi connectivity index (χ1v) is 27.0. The van der Waals surface area contributed by atoms with Crippen LogP contribution in [0.1, 0.15) is 130 Å². The number of hydrogen-bond donors (Lipinski definition) is 7. The number of nitrogens with two attached hydrogens (primary N) is 2. The highest BCUT2D eigenvalue weighted by Gasteiger charge is 2.40. The Kier molecular flexibility index (Phi) is 27.8. The first-order valence-electron chi connectivity index (χ1n) is 25.9. The number of Topliss-reactive ketones (excluding diaryl/α,β-unsaturated/α-hetero) is 4. The van der Waals surface area contributed by atoms with Crippen molar-refractivity contribution in [2.24, 2.45) is 41.1 Å². The zero-order valence-corrected chi connectivity index (χ0v) is 44.3. The number of H-pyrrole nitrogens is 1. The van der Waals surface area contributed by atoms with Gasteiger partial charge in [0.25, 0.3) is 0 Å². The molecule has 0 aliphatic carbocycles. The van der Waals surface area contributed by atoms with Crippen LogP contribution in [0.25, 0.3) is 10.9 Å². The minimum absolute atomic E-state index is 0.0148. The van der Waals surface area contributed by atoms with Crippen LogP contribution in [0, 0.1) is 29.6 Å². The first-order chi connectivity index (χ1) is 34.9. The van der Waals surface area contributed by atoms with E-state index in [0.29, 0.717) is 58.0 Å². The minimum Gasteiger partial charge on any atom is -0.396 e. The third-order valence-electron chi connectivity index (χ3n) is 13.5. The number of methoxy groups -OCH3 is 1. The van der Waals surface area contributed by atoms with Gasteiger partial charge >= 0.3 is 0 Å². The lowest BCUT2D eigenvalue weighted by molar-refractivity contribution is -0.138. The second-order valence-electron chi connectivity index (χ2n) is 19.5. The van der Waals surface area contributed by atoms with E-state index in [9.17, 15) is 53.1 Å². The van der Waals surface area contributed by atoms with Crippen molar-refractivity contribution in [2.45, 2.75) is 148 Å². The average molecular weight is 1040 g/mol. The number of fused-ring (bicyclic) bond motifs is 1. The number of benzene rings is 1. The number of carbonyl (C=O) groups excluding carboxylic acids is 10. The van der Waals surface area contributed by atoms with Crippen LogP contribution in [-0.2, 0) is 59.1 Å². The number of ether oxygens (including phenoxy) is 1. The zero-order valence-electron chi connectivity index (χ0n) is 43.5. The van der Waals surface area contributed by atoms with Crippen LogP contribution in [0.15, 0.2) is 30.5 Å². The number of rotatable bonds is 39. The molecule has 1 aliphatic heterocycles. The third kappa shape index (κ3) is 20.9.